The molecule has 7 heteroatoms. The SMILES string of the molecule is O=C(O)c1ccc(Cl)cc1Oc1ccc(Cl)nn1. The van der Waals surface area contributed by atoms with Gasteiger partial charge in [-0.2, -0.15) is 0 Å². The third-order valence-corrected chi connectivity index (χ3v) is 2.43. The number of aromatic nitrogens is 2. The van der Waals surface area contributed by atoms with E-state index in [-0.39, 0.29) is 22.3 Å². The molecule has 0 saturated carbocycles. The lowest BCUT2D eigenvalue weighted by atomic mass is 10.2. The first-order valence-electron chi connectivity index (χ1n) is 4.76. The van der Waals surface area contributed by atoms with Gasteiger partial charge in [0.15, 0.2) is 5.15 Å². The van der Waals surface area contributed by atoms with Gasteiger partial charge in [-0.3, -0.25) is 0 Å². The third kappa shape index (κ3) is 2.88. The minimum Gasteiger partial charge on any atom is -0.478 e. The fourth-order valence-corrected chi connectivity index (χ4v) is 1.49. The van der Waals surface area contributed by atoms with Gasteiger partial charge in [0.05, 0.1) is 0 Å². The normalized spacial score (nSPS) is 10.1. The van der Waals surface area contributed by atoms with E-state index in [1.807, 2.05) is 0 Å². The molecule has 0 aliphatic carbocycles. The van der Waals surface area contributed by atoms with Crippen molar-refractivity contribution in [2.45, 2.75) is 0 Å². The molecule has 1 N–H and O–H groups in total. The molecule has 1 aromatic carbocycles. The van der Waals surface area contributed by atoms with Crippen LogP contribution in [0.5, 0.6) is 11.6 Å². The predicted octanol–water partition coefficient (Wildman–Crippen LogP) is 3.27. The van der Waals surface area contributed by atoms with Gasteiger partial charge < -0.3 is 9.84 Å². The largest absolute Gasteiger partial charge is 0.478 e. The van der Waals surface area contributed by atoms with E-state index in [0.717, 1.165) is 0 Å². The van der Waals surface area contributed by atoms with E-state index >= 15 is 0 Å². The zero-order valence-corrected chi connectivity index (χ0v) is 10.3. The van der Waals surface area contributed by atoms with Crippen molar-refractivity contribution >= 4 is 29.2 Å². The van der Waals surface area contributed by atoms with E-state index in [4.69, 9.17) is 33.0 Å². The fraction of sp³-hybridized carbons (Fsp3) is 0. The van der Waals surface area contributed by atoms with Crippen LogP contribution in [0.2, 0.25) is 10.2 Å². The molecule has 2 aromatic rings. The topological polar surface area (TPSA) is 72.3 Å². The van der Waals surface area contributed by atoms with Gasteiger partial charge in [0.25, 0.3) is 0 Å². The van der Waals surface area contributed by atoms with E-state index in [0.29, 0.717) is 5.02 Å². The van der Waals surface area contributed by atoms with Crippen LogP contribution in [0.3, 0.4) is 0 Å². The van der Waals surface area contributed by atoms with Gasteiger partial charge in [-0.1, -0.05) is 23.2 Å². The Morgan fingerprint density at radius 2 is 1.94 bits per heavy atom. The van der Waals surface area contributed by atoms with E-state index in [9.17, 15) is 4.79 Å². The molecule has 0 saturated heterocycles. The summed E-state index contributed by atoms with van der Waals surface area (Å²) in [5.74, 6) is -0.903. The molecule has 1 heterocycles. The summed E-state index contributed by atoms with van der Waals surface area (Å²) in [5.41, 5.74) is -0.0175. The molecule has 0 atom stereocenters. The first-order valence-corrected chi connectivity index (χ1v) is 5.52. The van der Waals surface area contributed by atoms with Crippen molar-refractivity contribution in [1.29, 1.82) is 0 Å². The maximum atomic E-state index is 11.0. The molecule has 0 aliphatic heterocycles. The number of rotatable bonds is 3. The second kappa shape index (κ2) is 5.20. The van der Waals surface area contributed by atoms with Crippen molar-refractivity contribution in [2.75, 3.05) is 0 Å². The van der Waals surface area contributed by atoms with Gasteiger partial charge in [-0.15, -0.1) is 10.2 Å². The van der Waals surface area contributed by atoms with Gasteiger partial charge in [-0.25, -0.2) is 4.79 Å². The molecule has 92 valence electrons. The van der Waals surface area contributed by atoms with Crippen molar-refractivity contribution in [2.24, 2.45) is 0 Å². The minimum atomic E-state index is -1.12. The number of hydrogen-bond acceptors (Lipinski definition) is 4. The first kappa shape index (κ1) is 12.6. The fourth-order valence-electron chi connectivity index (χ4n) is 1.23. The molecule has 2 rings (SSSR count). The number of halogens is 2. The van der Waals surface area contributed by atoms with Crippen LogP contribution in [0, 0.1) is 0 Å². The van der Waals surface area contributed by atoms with Gasteiger partial charge in [-0.05, 0) is 18.2 Å². The maximum absolute atomic E-state index is 11.0. The number of carbonyl (C=O) groups is 1. The number of benzene rings is 1. The lowest BCUT2D eigenvalue weighted by Crippen LogP contribution is -2.00. The molecule has 1 aromatic heterocycles. The molecule has 0 radical (unpaired) electrons. The van der Waals surface area contributed by atoms with Crippen molar-refractivity contribution in [1.82, 2.24) is 10.2 Å². The number of carboxylic acid groups (broad SMARTS) is 1. The third-order valence-electron chi connectivity index (χ3n) is 2.00. The smallest absolute Gasteiger partial charge is 0.339 e. The summed E-state index contributed by atoms with van der Waals surface area (Å²) in [6.07, 6.45) is 0. The summed E-state index contributed by atoms with van der Waals surface area (Å²) >= 11 is 11.4. The quantitative estimate of drug-likeness (QED) is 0.936. The maximum Gasteiger partial charge on any atom is 0.339 e. The van der Waals surface area contributed by atoms with Crippen molar-refractivity contribution in [3.8, 4) is 11.6 Å². The summed E-state index contributed by atoms with van der Waals surface area (Å²) in [6, 6.07) is 7.16. The molecule has 0 fully saturated rings. The van der Waals surface area contributed by atoms with Crippen molar-refractivity contribution in [3.05, 3.63) is 46.1 Å². The summed E-state index contributed by atoms with van der Waals surface area (Å²) in [7, 11) is 0. The molecular formula is C11H6Cl2N2O3. The summed E-state index contributed by atoms with van der Waals surface area (Å²) in [5, 5.41) is 16.8. The van der Waals surface area contributed by atoms with Crippen LogP contribution in [0.1, 0.15) is 10.4 Å². The number of ether oxygens (including phenoxy) is 1. The van der Waals surface area contributed by atoms with Crippen LogP contribution in [-0.4, -0.2) is 21.3 Å². The van der Waals surface area contributed by atoms with Crippen LogP contribution < -0.4 is 4.74 Å². The number of nitrogens with zero attached hydrogens (tertiary/aromatic N) is 2. The number of hydrogen-bond donors (Lipinski definition) is 1. The van der Waals surface area contributed by atoms with Gasteiger partial charge in [0.2, 0.25) is 5.88 Å². The van der Waals surface area contributed by atoms with E-state index in [2.05, 4.69) is 10.2 Å². The van der Waals surface area contributed by atoms with E-state index < -0.39 is 5.97 Å². The standard InChI is InChI=1S/C11H6Cl2N2O3/c12-6-1-2-7(11(16)17)8(5-6)18-10-4-3-9(13)14-15-10/h1-5H,(H,16,17). The van der Waals surface area contributed by atoms with Crippen molar-refractivity contribution in [3.63, 3.8) is 0 Å². The molecule has 5 nitrogen and oxygen atoms in total. The van der Waals surface area contributed by atoms with Gasteiger partial charge in [0, 0.05) is 17.2 Å². The molecule has 0 bridgehead atoms. The van der Waals surface area contributed by atoms with Crippen LogP contribution >= 0.6 is 23.2 Å². The molecule has 18 heavy (non-hydrogen) atoms. The van der Waals surface area contributed by atoms with Crippen molar-refractivity contribution < 1.29 is 14.6 Å². The predicted molar refractivity (Wildman–Crippen MR) is 65.5 cm³/mol. The molecule has 0 spiro atoms. The zero-order chi connectivity index (χ0) is 13.1. The average Bonchev–Trinajstić information content (AvgIpc) is 2.32. The van der Waals surface area contributed by atoms with Crippen LogP contribution in [0.15, 0.2) is 30.3 Å². The lowest BCUT2D eigenvalue weighted by Gasteiger charge is -2.07. The molecule has 0 amide bonds. The highest BCUT2D eigenvalue weighted by molar-refractivity contribution is 6.30. The highest BCUT2D eigenvalue weighted by Gasteiger charge is 2.13. The summed E-state index contributed by atoms with van der Waals surface area (Å²) in [4.78, 5) is 11.0. The Labute approximate surface area is 112 Å². The Bertz CT molecular complexity index is 587. The van der Waals surface area contributed by atoms with Gasteiger partial charge >= 0.3 is 5.97 Å². The second-order valence-corrected chi connectivity index (χ2v) is 4.07. The zero-order valence-electron chi connectivity index (χ0n) is 8.80. The Morgan fingerprint density at radius 3 is 2.56 bits per heavy atom. The number of aromatic carboxylic acids is 1. The summed E-state index contributed by atoms with van der Waals surface area (Å²) < 4.78 is 5.31. The molecular weight excluding hydrogens is 279 g/mol. The number of carboxylic acids is 1. The average molecular weight is 285 g/mol. The summed E-state index contributed by atoms with van der Waals surface area (Å²) in [6.45, 7) is 0. The molecule has 0 unspecified atom stereocenters. The van der Waals surface area contributed by atoms with Crippen LogP contribution in [0.4, 0.5) is 0 Å². The van der Waals surface area contributed by atoms with Crippen LogP contribution in [-0.2, 0) is 0 Å². The first-order chi connectivity index (χ1) is 8.56. The van der Waals surface area contributed by atoms with Gasteiger partial charge in [0.1, 0.15) is 11.3 Å². The minimum absolute atomic E-state index is 0.0175. The molecule has 0 aliphatic rings. The highest BCUT2D eigenvalue weighted by Crippen LogP contribution is 2.27. The van der Waals surface area contributed by atoms with E-state index in [1.54, 1.807) is 0 Å². The second-order valence-electron chi connectivity index (χ2n) is 3.24. The highest BCUT2D eigenvalue weighted by atomic mass is 35.5. The van der Waals surface area contributed by atoms with Crippen LogP contribution in [0.25, 0.3) is 0 Å². The Morgan fingerprint density at radius 1 is 1.17 bits per heavy atom. The Hall–Kier alpha value is -1.85. The Kier molecular flexibility index (Phi) is 3.64. The lowest BCUT2D eigenvalue weighted by molar-refractivity contribution is 0.0694. The Balaban J connectivity index is 2.35. The monoisotopic (exact) mass is 284 g/mol. The van der Waals surface area contributed by atoms with E-state index in [1.165, 1.54) is 30.3 Å².